The summed E-state index contributed by atoms with van der Waals surface area (Å²) in [4.78, 5) is 28.2. The number of benzene rings is 2. The molecule has 2 aromatic carbocycles. The van der Waals surface area contributed by atoms with Gasteiger partial charge < -0.3 is 16.4 Å². The van der Waals surface area contributed by atoms with Gasteiger partial charge in [0.25, 0.3) is 5.91 Å². The quantitative estimate of drug-likeness (QED) is 0.575. The number of nitrogen functional groups attached to an aromatic ring is 1. The number of carbonyl (C=O) groups is 2. The Morgan fingerprint density at radius 1 is 0.966 bits per heavy atom. The van der Waals surface area contributed by atoms with Crippen LogP contribution in [0.15, 0.2) is 66.9 Å². The largest absolute Gasteiger partial charge is 0.382 e. The van der Waals surface area contributed by atoms with Crippen LogP contribution in [0.2, 0.25) is 0 Å². The molecule has 2 amide bonds. The second-order valence-electron chi connectivity index (χ2n) is 6.49. The molecule has 3 aromatic rings. The molecule has 0 saturated heterocycles. The van der Waals surface area contributed by atoms with Crippen molar-refractivity contribution in [2.75, 3.05) is 11.1 Å². The first kappa shape index (κ1) is 20.0. The Morgan fingerprint density at radius 2 is 1.66 bits per heavy atom. The van der Waals surface area contributed by atoms with Gasteiger partial charge in [0, 0.05) is 24.7 Å². The van der Waals surface area contributed by atoms with Gasteiger partial charge in [-0.3, -0.25) is 9.59 Å². The van der Waals surface area contributed by atoms with Crippen LogP contribution in [0.1, 0.15) is 27.9 Å². The molecule has 0 aliphatic heterocycles. The molecule has 0 aliphatic rings. The van der Waals surface area contributed by atoms with Gasteiger partial charge in [0.2, 0.25) is 5.91 Å². The Bertz CT molecular complexity index is 988. The number of nitrogens with one attached hydrogen (secondary N) is 2. The fourth-order valence-corrected chi connectivity index (χ4v) is 2.69. The van der Waals surface area contributed by atoms with Crippen molar-refractivity contribution in [2.24, 2.45) is 0 Å². The summed E-state index contributed by atoms with van der Waals surface area (Å²) in [7, 11) is 0. The summed E-state index contributed by atoms with van der Waals surface area (Å²) in [6.07, 6.45) is 2.41. The van der Waals surface area contributed by atoms with Crippen molar-refractivity contribution < 1.29 is 14.0 Å². The highest BCUT2D eigenvalue weighted by Crippen LogP contribution is 2.15. The van der Waals surface area contributed by atoms with E-state index in [1.165, 1.54) is 12.1 Å². The minimum absolute atomic E-state index is 0.0943. The Kier molecular flexibility index (Phi) is 6.52. The number of amides is 2. The molecule has 0 radical (unpaired) electrons. The van der Waals surface area contributed by atoms with Gasteiger partial charge in [0.15, 0.2) is 0 Å². The minimum atomic E-state index is -0.292. The van der Waals surface area contributed by atoms with E-state index < -0.39 is 0 Å². The van der Waals surface area contributed by atoms with E-state index in [9.17, 15) is 14.0 Å². The van der Waals surface area contributed by atoms with Crippen LogP contribution in [-0.2, 0) is 17.8 Å². The summed E-state index contributed by atoms with van der Waals surface area (Å²) in [6, 6.07) is 16.4. The molecule has 0 unspecified atom stereocenters. The Morgan fingerprint density at radius 3 is 2.34 bits per heavy atom. The lowest BCUT2D eigenvalue weighted by atomic mass is 10.1. The van der Waals surface area contributed by atoms with Crippen LogP contribution in [-0.4, -0.2) is 16.8 Å². The Balaban J connectivity index is 1.47. The lowest BCUT2D eigenvalue weighted by Gasteiger charge is -2.09. The molecule has 0 aliphatic carbocycles. The van der Waals surface area contributed by atoms with E-state index in [2.05, 4.69) is 15.6 Å². The van der Waals surface area contributed by atoms with Crippen molar-refractivity contribution in [2.45, 2.75) is 19.4 Å². The van der Waals surface area contributed by atoms with Crippen molar-refractivity contribution in [3.8, 4) is 0 Å². The fourth-order valence-electron chi connectivity index (χ4n) is 2.69. The lowest BCUT2D eigenvalue weighted by molar-refractivity contribution is -0.121. The molecule has 0 bridgehead atoms. The summed E-state index contributed by atoms with van der Waals surface area (Å²) in [6.45, 7) is 0.361. The maximum absolute atomic E-state index is 12.9. The van der Waals surface area contributed by atoms with Crippen molar-refractivity contribution in [3.63, 3.8) is 0 Å². The number of halogens is 1. The predicted octanol–water partition coefficient (Wildman–Crippen LogP) is 3.30. The number of nitrogens with two attached hydrogens (primary N) is 1. The van der Waals surface area contributed by atoms with Gasteiger partial charge in [-0.05, 0) is 53.9 Å². The monoisotopic (exact) mass is 392 g/mol. The highest BCUT2D eigenvalue weighted by Gasteiger charge is 2.09. The van der Waals surface area contributed by atoms with Gasteiger partial charge in [-0.2, -0.15) is 0 Å². The van der Waals surface area contributed by atoms with Crippen LogP contribution in [0.3, 0.4) is 0 Å². The summed E-state index contributed by atoms with van der Waals surface area (Å²) in [5, 5.41) is 5.55. The third-order valence-corrected chi connectivity index (χ3v) is 4.35. The average molecular weight is 392 g/mol. The minimum Gasteiger partial charge on any atom is -0.382 e. The molecule has 7 heteroatoms. The number of hydrogen-bond donors (Lipinski definition) is 3. The second kappa shape index (κ2) is 9.45. The second-order valence-corrected chi connectivity index (χ2v) is 6.49. The lowest BCUT2D eigenvalue weighted by Crippen LogP contribution is -2.23. The van der Waals surface area contributed by atoms with Crippen molar-refractivity contribution in [1.82, 2.24) is 10.3 Å². The molecule has 29 heavy (non-hydrogen) atoms. The van der Waals surface area contributed by atoms with Crippen LogP contribution in [0.5, 0.6) is 0 Å². The van der Waals surface area contributed by atoms with E-state index in [1.807, 2.05) is 0 Å². The molecule has 4 N–H and O–H groups in total. The smallest absolute Gasteiger partial charge is 0.255 e. The number of hydrogen-bond acceptors (Lipinski definition) is 4. The Hall–Kier alpha value is -3.74. The van der Waals surface area contributed by atoms with E-state index >= 15 is 0 Å². The number of aromatic nitrogens is 1. The summed E-state index contributed by atoms with van der Waals surface area (Å²) >= 11 is 0. The zero-order valence-corrected chi connectivity index (χ0v) is 15.7. The highest BCUT2D eigenvalue weighted by molar-refractivity contribution is 6.05. The zero-order chi connectivity index (χ0) is 20.6. The number of rotatable bonds is 7. The van der Waals surface area contributed by atoms with Gasteiger partial charge in [-0.25, -0.2) is 9.37 Å². The van der Waals surface area contributed by atoms with Crippen molar-refractivity contribution in [1.29, 1.82) is 0 Å². The van der Waals surface area contributed by atoms with Gasteiger partial charge in [-0.15, -0.1) is 0 Å². The number of aryl methyl sites for hydroxylation is 1. The van der Waals surface area contributed by atoms with Gasteiger partial charge in [0.1, 0.15) is 11.6 Å². The van der Waals surface area contributed by atoms with Gasteiger partial charge in [-0.1, -0.05) is 24.3 Å². The van der Waals surface area contributed by atoms with Gasteiger partial charge in [0.05, 0.1) is 5.69 Å². The molecule has 3 rings (SSSR count). The summed E-state index contributed by atoms with van der Waals surface area (Å²) < 4.78 is 12.9. The molecule has 6 nitrogen and oxygen atoms in total. The molecule has 1 heterocycles. The van der Waals surface area contributed by atoms with E-state index in [-0.39, 0.29) is 23.4 Å². The normalized spacial score (nSPS) is 10.4. The number of carbonyl (C=O) groups excluding carboxylic acids is 2. The maximum Gasteiger partial charge on any atom is 0.255 e. The molecule has 0 atom stereocenters. The molecular formula is C22H21FN4O2. The molecule has 148 valence electrons. The summed E-state index contributed by atoms with van der Waals surface area (Å²) in [5.41, 5.74) is 8.43. The number of pyridine rings is 1. The third-order valence-electron chi connectivity index (χ3n) is 4.35. The third kappa shape index (κ3) is 5.87. The van der Waals surface area contributed by atoms with Crippen LogP contribution in [0.25, 0.3) is 0 Å². The predicted molar refractivity (Wildman–Crippen MR) is 110 cm³/mol. The fraction of sp³-hybridized carbons (Fsp3) is 0.136. The van der Waals surface area contributed by atoms with E-state index in [1.54, 1.807) is 54.7 Å². The first-order chi connectivity index (χ1) is 14.0. The van der Waals surface area contributed by atoms with Crippen molar-refractivity contribution in [3.05, 3.63) is 89.4 Å². The van der Waals surface area contributed by atoms with Crippen LogP contribution < -0.4 is 16.4 Å². The zero-order valence-electron chi connectivity index (χ0n) is 15.7. The number of nitrogens with zero attached hydrogens (tertiary/aromatic N) is 1. The maximum atomic E-state index is 12.9. The van der Waals surface area contributed by atoms with E-state index in [4.69, 9.17) is 5.73 Å². The first-order valence-corrected chi connectivity index (χ1v) is 9.13. The molecule has 1 aromatic heterocycles. The first-order valence-electron chi connectivity index (χ1n) is 9.13. The molecular weight excluding hydrogens is 371 g/mol. The summed E-state index contributed by atoms with van der Waals surface area (Å²) in [5.74, 6) is -0.428. The standard InChI is InChI=1S/C22H21FN4O2/c23-18-10-5-15(6-11-18)7-12-20(28)26-14-16-3-8-17(9-4-16)22(29)27-19-2-1-13-25-21(19)24/h1-6,8-11,13H,7,12,14H2,(H2,24,25)(H,26,28)(H,27,29). The van der Waals surface area contributed by atoms with E-state index in [0.29, 0.717) is 30.6 Å². The highest BCUT2D eigenvalue weighted by atomic mass is 19.1. The van der Waals surface area contributed by atoms with Crippen LogP contribution in [0, 0.1) is 5.82 Å². The van der Waals surface area contributed by atoms with Gasteiger partial charge >= 0.3 is 0 Å². The SMILES string of the molecule is Nc1ncccc1NC(=O)c1ccc(CNC(=O)CCc2ccc(F)cc2)cc1. The molecule has 0 saturated carbocycles. The topological polar surface area (TPSA) is 97.1 Å². The number of anilines is 2. The van der Waals surface area contributed by atoms with Crippen LogP contribution >= 0.6 is 0 Å². The average Bonchev–Trinajstić information content (AvgIpc) is 2.74. The Labute approximate surface area is 168 Å². The van der Waals surface area contributed by atoms with Crippen molar-refractivity contribution >= 4 is 23.3 Å². The molecule has 0 fully saturated rings. The van der Waals surface area contributed by atoms with Crippen LogP contribution in [0.4, 0.5) is 15.9 Å². The van der Waals surface area contributed by atoms with E-state index in [0.717, 1.165) is 11.1 Å². The molecule has 0 spiro atoms.